The molecule has 0 saturated heterocycles. The van der Waals surface area contributed by atoms with Gasteiger partial charge in [0.15, 0.2) is 0 Å². The van der Waals surface area contributed by atoms with Crippen LogP contribution < -0.4 is 0 Å². The van der Waals surface area contributed by atoms with Crippen LogP contribution in [-0.2, 0) is 17.1 Å². The molecule has 0 aliphatic heterocycles. The number of hydrogen-bond acceptors (Lipinski definition) is 4. The van der Waals surface area contributed by atoms with Crippen LogP contribution in [0.4, 0.5) is 0 Å². The molecule has 4 nitrogen and oxygen atoms in total. The Morgan fingerprint density at radius 1 is 0.867 bits per heavy atom. The summed E-state index contributed by atoms with van der Waals surface area (Å²) >= 11 is 0. The van der Waals surface area contributed by atoms with Gasteiger partial charge >= 0.3 is 17.1 Å². The van der Waals surface area contributed by atoms with E-state index in [1.165, 1.54) is 0 Å². The van der Waals surface area contributed by atoms with E-state index in [4.69, 9.17) is 10.2 Å². The second kappa shape index (κ2) is 12.4. The molecule has 0 aliphatic rings. The summed E-state index contributed by atoms with van der Waals surface area (Å²) in [5.74, 6) is 0. The minimum absolute atomic E-state index is 0. The third-order valence-corrected chi connectivity index (χ3v) is 1.15. The maximum Gasteiger partial charge on any atom is 2.00 e. The van der Waals surface area contributed by atoms with Crippen LogP contribution in [0.1, 0.15) is 0 Å². The van der Waals surface area contributed by atoms with Gasteiger partial charge < -0.3 is 33.9 Å². The standard InChI is InChI=1S/2C5H12NO.Cu/c2*1-5(7)4-6(2)3;/h2*5,7H,1,4H2,2-3H3;/q2*-1;+2. The first-order valence-corrected chi connectivity index (χ1v) is 4.57. The number of rotatable bonds is 4. The minimum Gasteiger partial charge on any atom is -0.424 e. The number of aliphatic hydroxyl groups excluding tert-OH is 2. The molecular weight excluding hydrogens is 244 g/mol. The van der Waals surface area contributed by atoms with Gasteiger partial charge in [0.25, 0.3) is 0 Å². The van der Waals surface area contributed by atoms with Gasteiger partial charge in [-0.25, -0.2) is 0 Å². The largest absolute Gasteiger partial charge is 2.00 e. The van der Waals surface area contributed by atoms with Crippen LogP contribution in [0, 0.1) is 13.8 Å². The maximum atomic E-state index is 8.57. The Morgan fingerprint density at radius 3 is 1.07 bits per heavy atom. The maximum absolute atomic E-state index is 8.57. The number of likely N-dealkylation sites (N-methyl/N-ethyl adjacent to an activating group) is 2. The number of hydrogen-bond donors (Lipinski definition) is 2. The van der Waals surface area contributed by atoms with E-state index >= 15 is 0 Å². The smallest absolute Gasteiger partial charge is 0.424 e. The SMILES string of the molecule is [CH2-]C(O)CN(C)C.[CH2-]C(O)CN(C)C.[Cu+2]. The van der Waals surface area contributed by atoms with Crippen molar-refractivity contribution in [3.63, 3.8) is 0 Å². The zero-order valence-corrected chi connectivity index (χ0v) is 11.0. The number of aliphatic hydroxyl groups is 2. The second-order valence-electron chi connectivity index (χ2n) is 3.83. The average Bonchev–Trinajstić information content (AvgIpc) is 1.79. The summed E-state index contributed by atoms with van der Waals surface area (Å²) in [6.07, 6.45) is -0.898. The predicted octanol–water partition coefficient (Wildman–Crippen LogP) is -0.517. The molecule has 5 heteroatoms. The first-order chi connectivity index (χ1) is 6.25. The van der Waals surface area contributed by atoms with E-state index in [0.717, 1.165) is 0 Å². The fourth-order valence-electron chi connectivity index (χ4n) is 0.843. The molecule has 2 unspecified atom stereocenters. The van der Waals surface area contributed by atoms with Crippen LogP contribution in [0.25, 0.3) is 0 Å². The molecule has 0 bridgehead atoms. The van der Waals surface area contributed by atoms with Crippen LogP contribution in [0.15, 0.2) is 0 Å². The van der Waals surface area contributed by atoms with Gasteiger partial charge in [-0.2, -0.15) is 0 Å². The number of nitrogens with zero attached hydrogens (tertiary/aromatic N) is 2. The van der Waals surface area contributed by atoms with E-state index in [1.807, 2.05) is 38.0 Å². The van der Waals surface area contributed by atoms with E-state index in [-0.39, 0.29) is 17.1 Å². The molecule has 0 aromatic carbocycles. The van der Waals surface area contributed by atoms with Gasteiger partial charge in [0.05, 0.1) is 0 Å². The van der Waals surface area contributed by atoms with E-state index < -0.39 is 12.2 Å². The Balaban J connectivity index is -0.000000180. The Hall–Kier alpha value is 0.359. The monoisotopic (exact) mass is 267 g/mol. The molecule has 0 fully saturated rings. The van der Waals surface area contributed by atoms with Crippen LogP contribution in [0.2, 0.25) is 0 Å². The van der Waals surface area contributed by atoms with Crippen molar-refractivity contribution in [3.05, 3.63) is 13.8 Å². The molecule has 0 aliphatic carbocycles. The molecule has 0 heterocycles. The van der Waals surface area contributed by atoms with Crippen LogP contribution >= 0.6 is 0 Å². The van der Waals surface area contributed by atoms with Crippen molar-refractivity contribution in [2.24, 2.45) is 0 Å². The molecule has 0 amide bonds. The Labute approximate surface area is 105 Å². The molecule has 15 heavy (non-hydrogen) atoms. The molecule has 0 rings (SSSR count). The zero-order valence-electron chi connectivity index (χ0n) is 10.1. The van der Waals surface area contributed by atoms with Crippen molar-refractivity contribution in [2.75, 3.05) is 41.3 Å². The molecule has 0 spiro atoms. The van der Waals surface area contributed by atoms with Gasteiger partial charge in [-0.3, -0.25) is 0 Å². The molecule has 0 aromatic heterocycles. The minimum atomic E-state index is -0.449. The second-order valence-corrected chi connectivity index (χ2v) is 3.83. The van der Waals surface area contributed by atoms with Gasteiger partial charge in [-0.1, -0.05) is 12.2 Å². The van der Waals surface area contributed by atoms with Crippen LogP contribution in [0.5, 0.6) is 0 Å². The molecule has 2 N–H and O–H groups in total. The summed E-state index contributed by atoms with van der Waals surface area (Å²) in [7, 11) is 7.59. The van der Waals surface area contributed by atoms with E-state index in [9.17, 15) is 0 Å². The molecule has 97 valence electrons. The van der Waals surface area contributed by atoms with Crippen molar-refractivity contribution < 1.29 is 27.3 Å². The summed E-state index contributed by atoms with van der Waals surface area (Å²) in [6.45, 7) is 8.06. The summed E-state index contributed by atoms with van der Waals surface area (Å²) in [4.78, 5) is 3.77. The third-order valence-electron chi connectivity index (χ3n) is 1.15. The molecule has 1 radical (unpaired) electrons. The summed E-state index contributed by atoms with van der Waals surface area (Å²) < 4.78 is 0. The first-order valence-electron chi connectivity index (χ1n) is 4.57. The van der Waals surface area contributed by atoms with Crippen molar-refractivity contribution in [1.29, 1.82) is 0 Å². The normalized spacial score (nSPS) is 14.0. The van der Waals surface area contributed by atoms with Crippen molar-refractivity contribution in [3.8, 4) is 0 Å². The van der Waals surface area contributed by atoms with Gasteiger partial charge in [0.1, 0.15) is 0 Å². The van der Waals surface area contributed by atoms with Gasteiger partial charge in [0.2, 0.25) is 0 Å². The first kappa shape index (κ1) is 20.7. The molecular formula is C10H24CuN2O2. The fraction of sp³-hybridized carbons (Fsp3) is 0.800. The fourth-order valence-corrected chi connectivity index (χ4v) is 0.843. The van der Waals surface area contributed by atoms with Crippen molar-refractivity contribution >= 4 is 0 Å². The van der Waals surface area contributed by atoms with E-state index in [2.05, 4.69) is 13.8 Å². The van der Waals surface area contributed by atoms with Gasteiger partial charge in [-0.05, 0) is 41.3 Å². The van der Waals surface area contributed by atoms with E-state index in [0.29, 0.717) is 13.1 Å². The molecule has 2 atom stereocenters. The van der Waals surface area contributed by atoms with E-state index in [1.54, 1.807) is 0 Å². The quantitative estimate of drug-likeness (QED) is 0.532. The Morgan fingerprint density at radius 2 is 1.07 bits per heavy atom. The van der Waals surface area contributed by atoms with Gasteiger partial charge in [0, 0.05) is 0 Å². The van der Waals surface area contributed by atoms with Gasteiger partial charge in [-0.15, -0.1) is 0 Å². The Bertz CT molecular complexity index is 94.0. The summed E-state index contributed by atoms with van der Waals surface area (Å²) in [5, 5.41) is 17.1. The average molecular weight is 268 g/mol. The molecule has 0 saturated carbocycles. The molecule has 0 aromatic rings. The Kier molecular flexibility index (Phi) is 17.2. The van der Waals surface area contributed by atoms with Crippen molar-refractivity contribution in [2.45, 2.75) is 12.2 Å². The van der Waals surface area contributed by atoms with Crippen LogP contribution in [0.3, 0.4) is 0 Å². The van der Waals surface area contributed by atoms with Crippen LogP contribution in [-0.4, -0.2) is 73.5 Å². The summed E-state index contributed by atoms with van der Waals surface area (Å²) in [6, 6.07) is 0. The van der Waals surface area contributed by atoms with Crippen molar-refractivity contribution in [1.82, 2.24) is 9.80 Å². The zero-order chi connectivity index (χ0) is 11.7. The topological polar surface area (TPSA) is 46.9 Å². The third kappa shape index (κ3) is 31.4. The summed E-state index contributed by atoms with van der Waals surface area (Å²) in [5.41, 5.74) is 0. The predicted molar refractivity (Wildman–Crippen MR) is 59.8 cm³/mol.